The Kier molecular flexibility index (Phi) is 2.43. The Morgan fingerprint density at radius 1 is 1.40 bits per heavy atom. The van der Waals surface area contributed by atoms with Crippen LogP contribution in [0, 0.1) is 0 Å². The maximum Gasteiger partial charge on any atom is 0.115 e. The summed E-state index contributed by atoms with van der Waals surface area (Å²) in [7, 11) is 0. The first-order chi connectivity index (χ1) is 4.93. The molecule has 0 fully saturated rings. The molecule has 3 heteroatoms. The number of nitrogens with zero attached hydrogens (tertiary/aromatic N) is 2. The first-order valence-electron chi connectivity index (χ1n) is 3.04. The summed E-state index contributed by atoms with van der Waals surface area (Å²) in [6.45, 7) is 0. The summed E-state index contributed by atoms with van der Waals surface area (Å²) >= 11 is 0. The zero-order valence-corrected chi connectivity index (χ0v) is 5.57. The van der Waals surface area contributed by atoms with Gasteiger partial charge in [0, 0.05) is 12.4 Å². The lowest BCUT2D eigenvalue weighted by molar-refractivity contribution is 1.09. The third kappa shape index (κ3) is 1.85. The van der Waals surface area contributed by atoms with E-state index in [4.69, 9.17) is 5.73 Å². The lowest BCUT2D eigenvalue weighted by Gasteiger charge is -1.90. The number of hydrogen-bond acceptors (Lipinski definition) is 3. The third-order valence-electron chi connectivity index (χ3n) is 1.10. The lowest BCUT2D eigenvalue weighted by Crippen LogP contribution is -1.85. The van der Waals surface area contributed by atoms with E-state index < -0.39 is 0 Å². The molecule has 0 aromatic carbocycles. The van der Waals surface area contributed by atoms with Gasteiger partial charge < -0.3 is 5.73 Å². The fraction of sp³-hybridized carbons (Fsp3) is 0.143. The molecule has 1 heterocycles. The molecule has 10 heavy (non-hydrogen) atoms. The molecular weight excluding hydrogens is 126 g/mol. The van der Waals surface area contributed by atoms with Gasteiger partial charge in [0.2, 0.25) is 0 Å². The molecule has 0 atom stereocenters. The molecule has 1 aromatic rings. The van der Waals surface area contributed by atoms with Crippen molar-refractivity contribution >= 4 is 0 Å². The zero-order chi connectivity index (χ0) is 7.23. The van der Waals surface area contributed by atoms with Crippen LogP contribution in [0.5, 0.6) is 0 Å². The highest BCUT2D eigenvalue weighted by atomic mass is 14.8. The van der Waals surface area contributed by atoms with Crippen LogP contribution in [0.4, 0.5) is 0 Å². The van der Waals surface area contributed by atoms with Crippen LogP contribution in [-0.2, 0) is 6.42 Å². The quantitative estimate of drug-likeness (QED) is 0.642. The smallest absolute Gasteiger partial charge is 0.115 e. The molecule has 0 radical (unpaired) electrons. The van der Waals surface area contributed by atoms with E-state index in [0.717, 1.165) is 12.0 Å². The Morgan fingerprint density at radius 3 is 2.70 bits per heavy atom. The molecule has 0 aliphatic rings. The van der Waals surface area contributed by atoms with Crippen LogP contribution < -0.4 is 5.73 Å². The molecule has 0 saturated heterocycles. The molecule has 0 spiro atoms. The summed E-state index contributed by atoms with van der Waals surface area (Å²) in [6.07, 6.45) is 9.23. The van der Waals surface area contributed by atoms with E-state index in [1.54, 1.807) is 12.4 Å². The van der Waals surface area contributed by atoms with Crippen molar-refractivity contribution in [3.8, 4) is 0 Å². The first-order valence-corrected chi connectivity index (χ1v) is 3.04. The molecule has 3 nitrogen and oxygen atoms in total. The predicted octanol–water partition coefficient (Wildman–Crippen LogP) is 0.492. The maximum absolute atomic E-state index is 5.15. The number of aromatic nitrogens is 2. The summed E-state index contributed by atoms with van der Waals surface area (Å²) in [6, 6.07) is 0. The molecule has 1 aromatic heterocycles. The van der Waals surface area contributed by atoms with Crippen LogP contribution in [0.15, 0.2) is 31.0 Å². The molecule has 52 valence electrons. The Balaban J connectivity index is 2.59. The number of nitrogens with two attached hydrogens (primary N) is 1. The summed E-state index contributed by atoms with van der Waals surface area (Å²) < 4.78 is 0. The minimum Gasteiger partial charge on any atom is -0.405 e. The second-order valence-electron chi connectivity index (χ2n) is 1.88. The Hall–Kier alpha value is -1.38. The van der Waals surface area contributed by atoms with E-state index in [1.165, 1.54) is 12.5 Å². The topological polar surface area (TPSA) is 51.8 Å². The highest BCUT2D eigenvalue weighted by Gasteiger charge is 1.85. The van der Waals surface area contributed by atoms with Crippen molar-refractivity contribution in [1.29, 1.82) is 0 Å². The Bertz CT molecular complexity index is 205. The summed E-state index contributed by atoms with van der Waals surface area (Å²) in [5.74, 6) is 0. The SMILES string of the molecule is NC=CCc1cncnc1. The molecule has 1 rings (SSSR count). The van der Waals surface area contributed by atoms with Crippen molar-refractivity contribution in [2.45, 2.75) is 6.42 Å². The molecule has 0 amide bonds. The van der Waals surface area contributed by atoms with Gasteiger partial charge in [0.15, 0.2) is 0 Å². The van der Waals surface area contributed by atoms with Gasteiger partial charge in [0.25, 0.3) is 0 Å². The Morgan fingerprint density at radius 2 is 2.10 bits per heavy atom. The van der Waals surface area contributed by atoms with Gasteiger partial charge in [-0.1, -0.05) is 6.08 Å². The van der Waals surface area contributed by atoms with Crippen molar-refractivity contribution in [2.75, 3.05) is 0 Å². The van der Waals surface area contributed by atoms with E-state index in [-0.39, 0.29) is 0 Å². The van der Waals surface area contributed by atoms with Crippen LogP contribution in [0.25, 0.3) is 0 Å². The molecular formula is C7H9N3. The van der Waals surface area contributed by atoms with Gasteiger partial charge in [-0.2, -0.15) is 0 Å². The molecule has 0 bridgehead atoms. The zero-order valence-electron chi connectivity index (χ0n) is 5.57. The second kappa shape index (κ2) is 3.61. The van der Waals surface area contributed by atoms with Crippen LogP contribution in [0.3, 0.4) is 0 Å². The van der Waals surface area contributed by atoms with Gasteiger partial charge in [0.05, 0.1) is 0 Å². The highest BCUT2D eigenvalue weighted by Crippen LogP contribution is 1.93. The van der Waals surface area contributed by atoms with Crippen molar-refractivity contribution in [2.24, 2.45) is 5.73 Å². The highest BCUT2D eigenvalue weighted by molar-refractivity contribution is 5.07. The summed E-state index contributed by atoms with van der Waals surface area (Å²) in [4.78, 5) is 7.70. The molecule has 0 saturated carbocycles. The van der Waals surface area contributed by atoms with E-state index >= 15 is 0 Å². The van der Waals surface area contributed by atoms with E-state index in [2.05, 4.69) is 9.97 Å². The average Bonchev–Trinajstić information content (AvgIpc) is 2.03. The normalized spacial score (nSPS) is 10.4. The first kappa shape index (κ1) is 6.74. The predicted molar refractivity (Wildman–Crippen MR) is 39.1 cm³/mol. The van der Waals surface area contributed by atoms with E-state index in [0.29, 0.717) is 0 Å². The van der Waals surface area contributed by atoms with Crippen molar-refractivity contribution in [3.05, 3.63) is 36.6 Å². The van der Waals surface area contributed by atoms with Crippen molar-refractivity contribution in [1.82, 2.24) is 9.97 Å². The summed E-state index contributed by atoms with van der Waals surface area (Å²) in [5.41, 5.74) is 6.23. The standard InChI is InChI=1S/C7H9N3/c8-3-1-2-7-4-9-6-10-5-7/h1,3-6H,2,8H2. The van der Waals surface area contributed by atoms with Crippen molar-refractivity contribution in [3.63, 3.8) is 0 Å². The number of rotatable bonds is 2. The monoisotopic (exact) mass is 135 g/mol. The van der Waals surface area contributed by atoms with E-state index in [1.807, 2.05) is 6.08 Å². The van der Waals surface area contributed by atoms with Crippen LogP contribution in [0.2, 0.25) is 0 Å². The fourth-order valence-electron chi connectivity index (χ4n) is 0.639. The van der Waals surface area contributed by atoms with Gasteiger partial charge in [0.1, 0.15) is 6.33 Å². The number of hydrogen-bond donors (Lipinski definition) is 1. The van der Waals surface area contributed by atoms with Gasteiger partial charge in [-0.05, 0) is 18.2 Å². The lowest BCUT2D eigenvalue weighted by atomic mass is 10.2. The molecule has 0 unspecified atom stereocenters. The van der Waals surface area contributed by atoms with Crippen molar-refractivity contribution < 1.29 is 0 Å². The molecule has 0 aliphatic heterocycles. The average molecular weight is 135 g/mol. The van der Waals surface area contributed by atoms with E-state index in [9.17, 15) is 0 Å². The fourth-order valence-corrected chi connectivity index (χ4v) is 0.639. The van der Waals surface area contributed by atoms with Gasteiger partial charge in [-0.15, -0.1) is 0 Å². The Labute approximate surface area is 59.6 Å². The third-order valence-corrected chi connectivity index (χ3v) is 1.10. The van der Waals surface area contributed by atoms with Crippen LogP contribution >= 0.6 is 0 Å². The largest absolute Gasteiger partial charge is 0.405 e. The number of allylic oxidation sites excluding steroid dienone is 1. The minimum atomic E-state index is 0.803. The summed E-state index contributed by atoms with van der Waals surface area (Å²) in [5, 5.41) is 0. The second-order valence-corrected chi connectivity index (χ2v) is 1.88. The van der Waals surface area contributed by atoms with Crippen LogP contribution in [0.1, 0.15) is 5.56 Å². The van der Waals surface area contributed by atoms with Crippen LogP contribution in [-0.4, -0.2) is 9.97 Å². The van der Waals surface area contributed by atoms with Gasteiger partial charge >= 0.3 is 0 Å². The van der Waals surface area contributed by atoms with Gasteiger partial charge in [-0.3, -0.25) is 0 Å². The maximum atomic E-state index is 5.15. The minimum absolute atomic E-state index is 0.803. The molecule has 2 N–H and O–H groups in total. The molecule has 0 aliphatic carbocycles. The van der Waals surface area contributed by atoms with Gasteiger partial charge in [-0.25, -0.2) is 9.97 Å².